The topological polar surface area (TPSA) is 49.4 Å². The van der Waals surface area contributed by atoms with Crippen LogP contribution >= 0.6 is 39.1 Å². The van der Waals surface area contributed by atoms with Crippen molar-refractivity contribution in [1.82, 2.24) is 0 Å². The highest BCUT2D eigenvalue weighted by Crippen LogP contribution is 2.31. The molecular weight excluding hydrogens is 403 g/mol. The number of hydrogen-bond acceptors (Lipinski definition) is 3. The van der Waals surface area contributed by atoms with Crippen molar-refractivity contribution in [2.24, 2.45) is 0 Å². The standard InChI is InChI=1S/C16H11BrCl2N2O2/c17-9-1-3-10(4-2-9)20-14-8-15(22)21(16(14)23)11-5-6-12(18)13(19)7-11/h1-7,14,20H,8H2. The normalized spacial score (nSPS) is 17.7. The molecule has 0 saturated carbocycles. The molecule has 0 radical (unpaired) electrons. The van der Waals surface area contributed by atoms with Crippen LogP contribution in [0.5, 0.6) is 0 Å². The predicted octanol–water partition coefficient (Wildman–Crippen LogP) is 4.50. The zero-order valence-electron chi connectivity index (χ0n) is 11.7. The molecule has 2 aromatic carbocycles. The van der Waals surface area contributed by atoms with E-state index in [1.54, 1.807) is 12.1 Å². The van der Waals surface area contributed by atoms with Gasteiger partial charge in [-0.05, 0) is 42.5 Å². The monoisotopic (exact) mass is 412 g/mol. The third kappa shape index (κ3) is 3.37. The molecule has 1 fully saturated rings. The average Bonchev–Trinajstić information content (AvgIpc) is 2.79. The minimum Gasteiger partial charge on any atom is -0.373 e. The molecule has 4 nitrogen and oxygen atoms in total. The molecule has 23 heavy (non-hydrogen) atoms. The predicted molar refractivity (Wildman–Crippen MR) is 95.1 cm³/mol. The van der Waals surface area contributed by atoms with E-state index in [0.29, 0.717) is 15.7 Å². The number of carbonyl (C=O) groups is 2. The number of nitrogens with one attached hydrogen (secondary N) is 1. The molecule has 2 amide bonds. The number of amides is 2. The molecule has 1 aliphatic heterocycles. The molecule has 2 aromatic rings. The summed E-state index contributed by atoms with van der Waals surface area (Å²) in [5.41, 5.74) is 1.20. The highest BCUT2D eigenvalue weighted by Gasteiger charge is 2.39. The Kier molecular flexibility index (Phi) is 4.62. The number of nitrogens with zero attached hydrogens (tertiary/aromatic N) is 1. The molecule has 1 atom stereocenters. The van der Waals surface area contributed by atoms with Crippen LogP contribution in [0.4, 0.5) is 11.4 Å². The quantitative estimate of drug-likeness (QED) is 0.753. The summed E-state index contributed by atoms with van der Waals surface area (Å²) < 4.78 is 0.939. The molecule has 1 saturated heterocycles. The summed E-state index contributed by atoms with van der Waals surface area (Å²) >= 11 is 15.2. The molecule has 0 bridgehead atoms. The molecular formula is C16H11BrCl2N2O2. The Hall–Kier alpha value is -1.56. The lowest BCUT2D eigenvalue weighted by Crippen LogP contribution is -2.34. The van der Waals surface area contributed by atoms with Crippen molar-refractivity contribution in [2.75, 3.05) is 10.2 Å². The summed E-state index contributed by atoms with van der Waals surface area (Å²) in [4.78, 5) is 25.9. The molecule has 7 heteroatoms. The summed E-state index contributed by atoms with van der Waals surface area (Å²) in [5.74, 6) is -0.584. The van der Waals surface area contributed by atoms with Gasteiger partial charge in [-0.2, -0.15) is 0 Å². The van der Waals surface area contributed by atoms with E-state index in [2.05, 4.69) is 21.2 Å². The number of carbonyl (C=O) groups excluding carboxylic acids is 2. The van der Waals surface area contributed by atoms with Gasteiger partial charge in [-0.25, -0.2) is 4.90 Å². The minimum atomic E-state index is -0.599. The first kappa shape index (κ1) is 16.3. The maximum Gasteiger partial charge on any atom is 0.256 e. The maximum atomic E-state index is 12.5. The van der Waals surface area contributed by atoms with Crippen molar-refractivity contribution in [1.29, 1.82) is 0 Å². The Morgan fingerprint density at radius 1 is 1.04 bits per heavy atom. The van der Waals surface area contributed by atoms with Gasteiger partial charge in [-0.15, -0.1) is 0 Å². The SMILES string of the molecule is O=C1CC(Nc2ccc(Br)cc2)C(=O)N1c1ccc(Cl)c(Cl)c1. The van der Waals surface area contributed by atoms with Crippen LogP contribution in [-0.4, -0.2) is 17.9 Å². The Morgan fingerprint density at radius 2 is 1.74 bits per heavy atom. The van der Waals surface area contributed by atoms with Crippen LogP contribution in [0, 0.1) is 0 Å². The highest BCUT2D eigenvalue weighted by atomic mass is 79.9. The smallest absolute Gasteiger partial charge is 0.256 e. The molecule has 0 aromatic heterocycles. The van der Waals surface area contributed by atoms with Crippen LogP contribution in [-0.2, 0) is 9.59 Å². The van der Waals surface area contributed by atoms with Crippen molar-refractivity contribution in [3.05, 3.63) is 57.0 Å². The summed E-state index contributed by atoms with van der Waals surface area (Å²) in [7, 11) is 0. The van der Waals surface area contributed by atoms with Crippen LogP contribution in [0.2, 0.25) is 10.0 Å². The number of halogens is 3. The van der Waals surface area contributed by atoms with Crippen LogP contribution in [0.15, 0.2) is 46.9 Å². The molecule has 118 valence electrons. The lowest BCUT2D eigenvalue weighted by Gasteiger charge is -2.16. The van der Waals surface area contributed by atoms with Crippen molar-refractivity contribution in [3.63, 3.8) is 0 Å². The molecule has 0 spiro atoms. The first-order valence-corrected chi connectivity index (χ1v) is 8.34. The maximum absolute atomic E-state index is 12.5. The molecule has 1 N–H and O–H groups in total. The zero-order valence-corrected chi connectivity index (χ0v) is 14.8. The number of imide groups is 1. The Balaban J connectivity index is 1.82. The zero-order chi connectivity index (χ0) is 16.6. The van der Waals surface area contributed by atoms with E-state index in [1.807, 2.05) is 24.3 Å². The van der Waals surface area contributed by atoms with Crippen molar-refractivity contribution >= 4 is 62.3 Å². The summed E-state index contributed by atoms with van der Waals surface area (Å²) in [5, 5.41) is 3.76. The van der Waals surface area contributed by atoms with Crippen molar-refractivity contribution in [3.8, 4) is 0 Å². The Bertz CT molecular complexity index is 780. The van der Waals surface area contributed by atoms with E-state index in [-0.39, 0.29) is 18.2 Å². The van der Waals surface area contributed by atoms with Gasteiger partial charge in [-0.1, -0.05) is 39.1 Å². The van der Waals surface area contributed by atoms with Gasteiger partial charge < -0.3 is 5.32 Å². The second kappa shape index (κ2) is 6.51. The van der Waals surface area contributed by atoms with Gasteiger partial charge in [0.25, 0.3) is 5.91 Å². The van der Waals surface area contributed by atoms with Gasteiger partial charge in [0, 0.05) is 10.2 Å². The molecule has 1 unspecified atom stereocenters. The highest BCUT2D eigenvalue weighted by molar-refractivity contribution is 9.10. The van der Waals surface area contributed by atoms with Crippen molar-refractivity contribution in [2.45, 2.75) is 12.5 Å². The first-order valence-electron chi connectivity index (χ1n) is 6.79. The van der Waals surface area contributed by atoms with Crippen LogP contribution < -0.4 is 10.2 Å². The van der Waals surface area contributed by atoms with Crippen LogP contribution in [0.3, 0.4) is 0 Å². The lowest BCUT2D eigenvalue weighted by molar-refractivity contribution is -0.121. The number of rotatable bonds is 3. The number of benzene rings is 2. The van der Waals surface area contributed by atoms with E-state index in [4.69, 9.17) is 23.2 Å². The largest absolute Gasteiger partial charge is 0.373 e. The number of anilines is 2. The van der Waals surface area contributed by atoms with E-state index in [1.165, 1.54) is 6.07 Å². The van der Waals surface area contributed by atoms with E-state index >= 15 is 0 Å². The summed E-state index contributed by atoms with van der Waals surface area (Å²) in [6.45, 7) is 0. The molecule has 1 aliphatic rings. The average molecular weight is 414 g/mol. The molecule has 1 heterocycles. The fraction of sp³-hybridized carbons (Fsp3) is 0.125. The first-order chi connectivity index (χ1) is 11.0. The third-order valence-corrected chi connectivity index (χ3v) is 4.76. The second-order valence-corrected chi connectivity index (χ2v) is 6.80. The minimum absolute atomic E-state index is 0.0924. The lowest BCUT2D eigenvalue weighted by atomic mass is 10.2. The van der Waals surface area contributed by atoms with E-state index in [9.17, 15) is 9.59 Å². The van der Waals surface area contributed by atoms with Gasteiger partial charge in [-0.3, -0.25) is 9.59 Å². The molecule has 3 rings (SSSR count). The summed E-state index contributed by atoms with van der Waals surface area (Å²) in [6, 6.07) is 11.5. The van der Waals surface area contributed by atoms with Crippen molar-refractivity contribution < 1.29 is 9.59 Å². The van der Waals surface area contributed by atoms with Gasteiger partial charge in [0.1, 0.15) is 6.04 Å². The fourth-order valence-electron chi connectivity index (χ4n) is 2.39. The third-order valence-electron chi connectivity index (χ3n) is 3.49. The fourth-order valence-corrected chi connectivity index (χ4v) is 2.94. The van der Waals surface area contributed by atoms with Gasteiger partial charge in [0.2, 0.25) is 5.91 Å². The van der Waals surface area contributed by atoms with Gasteiger partial charge in [0.15, 0.2) is 0 Å². The second-order valence-electron chi connectivity index (χ2n) is 5.07. The molecule has 0 aliphatic carbocycles. The van der Waals surface area contributed by atoms with Gasteiger partial charge >= 0.3 is 0 Å². The van der Waals surface area contributed by atoms with E-state index < -0.39 is 6.04 Å². The Labute approximate surface area is 151 Å². The number of hydrogen-bond donors (Lipinski definition) is 1. The van der Waals surface area contributed by atoms with Crippen LogP contribution in [0.25, 0.3) is 0 Å². The summed E-state index contributed by atoms with van der Waals surface area (Å²) in [6.07, 6.45) is 0.0924. The Morgan fingerprint density at radius 3 is 2.39 bits per heavy atom. The van der Waals surface area contributed by atoms with E-state index in [0.717, 1.165) is 15.1 Å². The van der Waals surface area contributed by atoms with Gasteiger partial charge in [0.05, 0.1) is 22.2 Å². The van der Waals surface area contributed by atoms with Crippen LogP contribution in [0.1, 0.15) is 6.42 Å².